The maximum Gasteiger partial charge on any atom is 0.271 e. The summed E-state index contributed by atoms with van der Waals surface area (Å²) in [6.07, 6.45) is 0. The fourth-order valence-corrected chi connectivity index (χ4v) is 8.77. The van der Waals surface area contributed by atoms with Gasteiger partial charge in [0.25, 0.3) is 11.4 Å². The van der Waals surface area contributed by atoms with Crippen molar-refractivity contribution in [1.82, 2.24) is 0 Å². The molecule has 0 saturated heterocycles. The molecule has 5 heteroatoms. The molecule has 9 rings (SSSR count). The Bertz CT molecular complexity index is 2650. The smallest absolute Gasteiger partial charge is 0.226 e. The lowest BCUT2D eigenvalue weighted by atomic mass is 9.93. The molecule has 1 aromatic heterocycles. The number of nitriles is 2. The third kappa shape index (κ3) is 4.12. The Kier molecular flexibility index (Phi) is 6.20. The molecule has 0 saturated carbocycles. The van der Waals surface area contributed by atoms with Crippen LogP contribution in [0, 0.1) is 35.8 Å². The van der Waals surface area contributed by atoms with Gasteiger partial charge in [0.1, 0.15) is 0 Å². The number of fused-ring (bicyclic) bond motifs is 9. The van der Waals surface area contributed by atoms with Crippen molar-refractivity contribution in [1.29, 1.82) is 10.5 Å². The molecule has 0 N–H and O–H groups in total. The van der Waals surface area contributed by atoms with Crippen molar-refractivity contribution >= 4 is 44.0 Å². The average Bonchev–Trinajstić information content (AvgIpc) is 3.78. The monoisotopic (exact) mass is 636 g/mol. The molecule has 4 nitrogen and oxygen atoms in total. The van der Waals surface area contributed by atoms with E-state index in [4.69, 9.17) is 13.1 Å². The summed E-state index contributed by atoms with van der Waals surface area (Å²) in [6.45, 7) is 15.9. The van der Waals surface area contributed by atoms with Crippen LogP contribution in [-0.2, 0) is 0 Å². The van der Waals surface area contributed by atoms with E-state index in [0.717, 1.165) is 86.9 Å². The predicted molar refractivity (Wildman–Crippen MR) is 198 cm³/mol. The highest BCUT2D eigenvalue weighted by Gasteiger charge is 2.39. The third-order valence-electron chi connectivity index (χ3n) is 9.55. The van der Waals surface area contributed by atoms with Gasteiger partial charge in [-0.15, -0.1) is 11.3 Å². The van der Waals surface area contributed by atoms with Gasteiger partial charge < -0.3 is 0 Å². The number of allylic oxidation sites excluding steroid dienone is 2. The predicted octanol–water partition coefficient (Wildman–Crippen LogP) is 11.8. The highest BCUT2D eigenvalue weighted by Crippen LogP contribution is 2.62. The molecular weight excluding hydrogens is 617 g/mol. The van der Waals surface area contributed by atoms with E-state index >= 15 is 0 Å². The molecule has 2 aliphatic carbocycles. The molecular formula is C44H20N4S. The molecule has 2 aliphatic rings. The second-order valence-corrected chi connectivity index (χ2v) is 13.1. The van der Waals surface area contributed by atoms with E-state index < -0.39 is 0 Å². The Morgan fingerprint density at radius 2 is 0.857 bits per heavy atom. The average molecular weight is 637 g/mol. The summed E-state index contributed by atoms with van der Waals surface area (Å²) < 4.78 is 0. The summed E-state index contributed by atoms with van der Waals surface area (Å²) >= 11 is 1.46. The van der Waals surface area contributed by atoms with Crippen LogP contribution in [0.5, 0.6) is 0 Å². The molecule has 6 aromatic carbocycles. The highest BCUT2D eigenvalue weighted by atomic mass is 32.1. The number of nitrogens with zero attached hydrogens (tertiary/aromatic N) is 4. The molecule has 0 amide bonds. The molecule has 0 atom stereocenters. The van der Waals surface area contributed by atoms with Crippen molar-refractivity contribution in [2.24, 2.45) is 0 Å². The lowest BCUT2D eigenvalue weighted by Crippen LogP contribution is -1.88. The maximum atomic E-state index is 10.2. The van der Waals surface area contributed by atoms with Crippen LogP contribution in [0.3, 0.4) is 0 Å². The molecule has 1 heterocycles. The minimum atomic E-state index is 0.0266. The van der Waals surface area contributed by atoms with Crippen LogP contribution in [0.2, 0.25) is 0 Å². The first-order valence-electron chi connectivity index (χ1n) is 15.6. The largest absolute Gasteiger partial charge is 0.271 e. The number of hydrogen-bond acceptors (Lipinski definition) is 3. The highest BCUT2D eigenvalue weighted by molar-refractivity contribution is 7.16. The van der Waals surface area contributed by atoms with Crippen molar-refractivity contribution in [3.8, 4) is 56.6 Å². The number of hydrogen-bond donors (Lipinski definition) is 0. The molecule has 222 valence electrons. The van der Waals surface area contributed by atoms with Gasteiger partial charge in [0.2, 0.25) is 0 Å². The first-order valence-corrected chi connectivity index (χ1v) is 16.4. The Hall–Kier alpha value is -7.02. The second-order valence-electron chi connectivity index (χ2n) is 12.0. The van der Waals surface area contributed by atoms with Gasteiger partial charge >= 0.3 is 0 Å². The van der Waals surface area contributed by atoms with Crippen molar-refractivity contribution in [3.63, 3.8) is 0 Å². The number of thiophene rings is 1. The quantitative estimate of drug-likeness (QED) is 0.140. The van der Waals surface area contributed by atoms with Crippen LogP contribution >= 0.6 is 11.3 Å². The summed E-state index contributed by atoms with van der Waals surface area (Å²) in [7, 11) is 0. The topological polar surface area (TPSA) is 56.3 Å². The van der Waals surface area contributed by atoms with Gasteiger partial charge in [-0.25, -0.2) is 20.2 Å². The van der Waals surface area contributed by atoms with Gasteiger partial charge in [-0.2, -0.15) is 0 Å². The van der Waals surface area contributed by atoms with Gasteiger partial charge in [-0.05, 0) is 90.3 Å². The maximum absolute atomic E-state index is 10.2. The van der Waals surface area contributed by atoms with E-state index in [1.807, 2.05) is 24.3 Å². The molecule has 0 radical (unpaired) electrons. The van der Waals surface area contributed by atoms with Crippen LogP contribution < -0.4 is 0 Å². The summed E-state index contributed by atoms with van der Waals surface area (Å²) in [5.74, 6) is 0. The van der Waals surface area contributed by atoms with Gasteiger partial charge in [0.15, 0.2) is 0 Å². The fourth-order valence-electron chi connectivity index (χ4n) is 7.32. The SMILES string of the molecule is [C-]#[N+]/C(C#N)=C1/c2cc(-c3ccc4ccccc4c3)ccc2-c2c1sc1c2-c2ccc(-c3ccc4ccccc4c3)cc2/C1=C(/C#N)[N+]#[C-]. The minimum Gasteiger partial charge on any atom is -0.226 e. The van der Waals surface area contributed by atoms with Gasteiger partial charge in [-0.3, -0.25) is 0 Å². The normalized spacial score (nSPS) is 14.1. The van der Waals surface area contributed by atoms with E-state index in [1.54, 1.807) is 0 Å². The van der Waals surface area contributed by atoms with Gasteiger partial charge in [0, 0.05) is 32.0 Å². The van der Waals surface area contributed by atoms with Crippen molar-refractivity contribution < 1.29 is 0 Å². The zero-order valence-electron chi connectivity index (χ0n) is 25.7. The first kappa shape index (κ1) is 28.2. The van der Waals surface area contributed by atoms with E-state index in [-0.39, 0.29) is 11.4 Å². The van der Waals surface area contributed by atoms with Crippen LogP contribution in [0.1, 0.15) is 20.9 Å². The Labute approximate surface area is 286 Å². The number of benzene rings is 6. The third-order valence-corrected chi connectivity index (χ3v) is 10.8. The van der Waals surface area contributed by atoms with Crippen LogP contribution in [0.25, 0.3) is 86.9 Å². The van der Waals surface area contributed by atoms with Gasteiger partial charge in [0.05, 0.1) is 25.3 Å². The molecule has 49 heavy (non-hydrogen) atoms. The molecule has 0 fully saturated rings. The lowest BCUT2D eigenvalue weighted by molar-refractivity contribution is 1.49. The van der Waals surface area contributed by atoms with E-state index in [9.17, 15) is 10.5 Å². The summed E-state index contributed by atoms with van der Waals surface area (Å²) in [4.78, 5) is 9.00. The number of rotatable bonds is 2. The standard InChI is InChI=1S/C44H20N4S/c1-47-37(23-45)39-35-21-31(29-13-11-25-7-3-5-9-27(25)19-29)15-17-33(35)41-42-34-18-16-32(30-14-12-26-8-4-6-10-28(26)20-30)22-36(34)40(38(24-46)48-2)44(42)49-43(39)41/h3-22H/b39-37-,40-38+. The van der Waals surface area contributed by atoms with Crippen LogP contribution in [-0.4, -0.2) is 0 Å². The van der Waals surface area contributed by atoms with E-state index in [2.05, 4.69) is 119 Å². The van der Waals surface area contributed by atoms with E-state index in [1.165, 1.54) is 11.3 Å². The molecule has 0 spiro atoms. The lowest BCUT2D eigenvalue weighted by Gasteiger charge is -2.10. The van der Waals surface area contributed by atoms with Gasteiger partial charge in [-0.1, -0.05) is 97.1 Å². The van der Waals surface area contributed by atoms with E-state index in [0.29, 0.717) is 11.1 Å². The first-order chi connectivity index (χ1) is 24.1. The van der Waals surface area contributed by atoms with Crippen molar-refractivity contribution in [2.75, 3.05) is 0 Å². The summed E-state index contributed by atoms with van der Waals surface area (Å²) in [5, 5.41) is 24.9. The summed E-state index contributed by atoms with van der Waals surface area (Å²) in [5.41, 5.74) is 10.8. The second kappa shape index (κ2) is 10.8. The van der Waals surface area contributed by atoms with Crippen molar-refractivity contribution in [3.05, 3.63) is 176 Å². The zero-order valence-corrected chi connectivity index (χ0v) is 26.6. The molecule has 7 aromatic rings. The molecule has 0 aliphatic heterocycles. The Balaban J connectivity index is 1.27. The van der Waals surface area contributed by atoms with Crippen LogP contribution in [0.15, 0.2) is 133 Å². The van der Waals surface area contributed by atoms with Crippen molar-refractivity contribution in [2.45, 2.75) is 0 Å². The fraction of sp³-hybridized carbons (Fsp3) is 0. The minimum absolute atomic E-state index is 0.0266. The Morgan fingerprint density at radius 1 is 0.469 bits per heavy atom. The van der Waals surface area contributed by atoms with Crippen LogP contribution in [0.4, 0.5) is 0 Å². The summed E-state index contributed by atoms with van der Waals surface area (Å²) in [6, 6.07) is 46.1. The molecule has 0 bridgehead atoms. The molecule has 0 unspecified atom stereocenters. The zero-order chi connectivity index (χ0) is 33.2. The Morgan fingerprint density at radius 3 is 1.27 bits per heavy atom.